The fourth-order valence-electron chi connectivity index (χ4n) is 2.14. The Hall–Kier alpha value is -1.84. The zero-order chi connectivity index (χ0) is 12.3. The topological polar surface area (TPSA) is 67.6 Å². The van der Waals surface area contributed by atoms with Crippen molar-refractivity contribution in [3.05, 3.63) is 30.1 Å². The average Bonchev–Trinajstić information content (AvgIpc) is 2.74. The Bertz CT molecular complexity index is 471. The minimum atomic E-state index is 0.455. The van der Waals surface area contributed by atoms with Gasteiger partial charge < -0.3 is 5.73 Å². The average molecular weight is 230 g/mol. The summed E-state index contributed by atoms with van der Waals surface area (Å²) in [5, 5.41) is 7.18. The molecule has 0 radical (unpaired) electrons. The van der Waals surface area contributed by atoms with Gasteiger partial charge >= 0.3 is 0 Å². The standard InChI is InChI=1S/C13H18N4/c1-3-9(4-2)12-11(13(14)17-16-12)10-7-5-6-8-15-10/h5-9H,3-4H2,1-2H3,(H3,14,16,17). The van der Waals surface area contributed by atoms with Crippen LogP contribution in [0.2, 0.25) is 0 Å². The molecule has 0 amide bonds. The summed E-state index contributed by atoms with van der Waals surface area (Å²) < 4.78 is 0. The van der Waals surface area contributed by atoms with Crippen LogP contribution in [-0.2, 0) is 0 Å². The van der Waals surface area contributed by atoms with Crippen LogP contribution in [0, 0.1) is 0 Å². The first-order chi connectivity index (χ1) is 8.27. The second-order valence-electron chi connectivity index (χ2n) is 4.13. The molecule has 0 aliphatic carbocycles. The molecule has 0 aliphatic rings. The Kier molecular flexibility index (Phi) is 3.42. The Labute approximate surface area is 101 Å². The van der Waals surface area contributed by atoms with E-state index in [1.165, 1.54) is 0 Å². The normalized spacial score (nSPS) is 11.0. The van der Waals surface area contributed by atoms with Crippen molar-refractivity contribution in [3.63, 3.8) is 0 Å². The summed E-state index contributed by atoms with van der Waals surface area (Å²) in [6, 6.07) is 5.83. The van der Waals surface area contributed by atoms with Gasteiger partial charge in [-0.05, 0) is 25.0 Å². The van der Waals surface area contributed by atoms with Crippen molar-refractivity contribution in [2.45, 2.75) is 32.6 Å². The second kappa shape index (κ2) is 4.99. The zero-order valence-corrected chi connectivity index (χ0v) is 10.3. The van der Waals surface area contributed by atoms with E-state index in [1.54, 1.807) is 6.20 Å². The van der Waals surface area contributed by atoms with Gasteiger partial charge in [0.25, 0.3) is 0 Å². The van der Waals surface area contributed by atoms with E-state index in [9.17, 15) is 0 Å². The monoisotopic (exact) mass is 230 g/mol. The number of nitrogen functional groups attached to an aromatic ring is 1. The van der Waals surface area contributed by atoms with Crippen LogP contribution in [-0.4, -0.2) is 15.2 Å². The molecule has 0 saturated carbocycles. The molecule has 4 nitrogen and oxygen atoms in total. The Morgan fingerprint density at radius 2 is 2.06 bits per heavy atom. The molecular weight excluding hydrogens is 212 g/mol. The fourth-order valence-corrected chi connectivity index (χ4v) is 2.14. The largest absolute Gasteiger partial charge is 0.382 e. The second-order valence-corrected chi connectivity index (χ2v) is 4.13. The number of aromatic nitrogens is 3. The van der Waals surface area contributed by atoms with Crippen LogP contribution in [0.3, 0.4) is 0 Å². The molecular formula is C13H18N4. The maximum atomic E-state index is 5.94. The van der Waals surface area contributed by atoms with E-state index in [0.29, 0.717) is 11.7 Å². The number of hydrogen-bond acceptors (Lipinski definition) is 3. The molecule has 0 bridgehead atoms. The third-order valence-corrected chi connectivity index (χ3v) is 3.14. The Balaban J connectivity index is 2.50. The van der Waals surface area contributed by atoms with E-state index in [4.69, 9.17) is 5.73 Å². The van der Waals surface area contributed by atoms with Gasteiger partial charge in [-0.15, -0.1) is 0 Å². The molecule has 0 spiro atoms. The molecule has 0 saturated heterocycles. The van der Waals surface area contributed by atoms with Crippen molar-refractivity contribution in [2.75, 3.05) is 5.73 Å². The van der Waals surface area contributed by atoms with Crippen LogP contribution in [0.1, 0.15) is 38.3 Å². The minimum absolute atomic E-state index is 0.455. The molecule has 2 heterocycles. The number of nitrogens with two attached hydrogens (primary N) is 1. The first kappa shape index (κ1) is 11.6. The molecule has 4 heteroatoms. The van der Waals surface area contributed by atoms with E-state index in [2.05, 4.69) is 29.0 Å². The predicted octanol–water partition coefficient (Wildman–Crippen LogP) is 2.96. The molecule has 17 heavy (non-hydrogen) atoms. The maximum absolute atomic E-state index is 5.94. The number of anilines is 1. The molecule has 2 aromatic rings. The van der Waals surface area contributed by atoms with Gasteiger partial charge in [0, 0.05) is 17.8 Å². The van der Waals surface area contributed by atoms with Gasteiger partial charge in [0.05, 0.1) is 11.3 Å². The zero-order valence-electron chi connectivity index (χ0n) is 10.3. The van der Waals surface area contributed by atoms with Gasteiger partial charge in [0.2, 0.25) is 0 Å². The summed E-state index contributed by atoms with van der Waals surface area (Å²) in [6.07, 6.45) is 3.91. The number of hydrogen-bond donors (Lipinski definition) is 2. The highest BCUT2D eigenvalue weighted by Gasteiger charge is 2.19. The van der Waals surface area contributed by atoms with Crippen LogP contribution in [0.5, 0.6) is 0 Å². The van der Waals surface area contributed by atoms with E-state index in [1.807, 2.05) is 18.2 Å². The van der Waals surface area contributed by atoms with Crippen LogP contribution >= 0.6 is 0 Å². The van der Waals surface area contributed by atoms with E-state index in [0.717, 1.165) is 29.8 Å². The lowest BCUT2D eigenvalue weighted by Crippen LogP contribution is -1.99. The van der Waals surface area contributed by atoms with E-state index < -0.39 is 0 Å². The lowest BCUT2D eigenvalue weighted by molar-refractivity contribution is 0.622. The highest BCUT2D eigenvalue weighted by molar-refractivity contribution is 5.73. The summed E-state index contributed by atoms with van der Waals surface area (Å²) in [6.45, 7) is 4.35. The van der Waals surface area contributed by atoms with Crippen LogP contribution in [0.15, 0.2) is 24.4 Å². The first-order valence-electron chi connectivity index (χ1n) is 6.03. The molecule has 2 aromatic heterocycles. The van der Waals surface area contributed by atoms with Gasteiger partial charge in [0.15, 0.2) is 5.82 Å². The number of aromatic amines is 1. The molecule has 0 unspecified atom stereocenters. The Morgan fingerprint density at radius 3 is 2.65 bits per heavy atom. The highest BCUT2D eigenvalue weighted by atomic mass is 15.2. The summed E-state index contributed by atoms with van der Waals surface area (Å²) in [4.78, 5) is 4.35. The van der Waals surface area contributed by atoms with Crippen LogP contribution < -0.4 is 5.73 Å². The summed E-state index contributed by atoms with van der Waals surface area (Å²) in [5.74, 6) is 0.988. The molecule has 0 fully saturated rings. The maximum Gasteiger partial charge on any atom is 0.154 e. The van der Waals surface area contributed by atoms with Crippen molar-refractivity contribution >= 4 is 5.82 Å². The van der Waals surface area contributed by atoms with Crippen molar-refractivity contribution < 1.29 is 0 Å². The minimum Gasteiger partial charge on any atom is -0.382 e. The number of nitrogens with zero attached hydrogens (tertiary/aromatic N) is 2. The number of nitrogens with one attached hydrogen (secondary N) is 1. The smallest absolute Gasteiger partial charge is 0.154 e. The van der Waals surface area contributed by atoms with E-state index in [-0.39, 0.29) is 0 Å². The molecule has 0 aromatic carbocycles. The SMILES string of the molecule is CCC(CC)c1[nH]nc(N)c1-c1ccccn1. The van der Waals surface area contributed by atoms with Crippen molar-refractivity contribution in [1.29, 1.82) is 0 Å². The third-order valence-electron chi connectivity index (χ3n) is 3.14. The van der Waals surface area contributed by atoms with Crippen LogP contribution in [0.4, 0.5) is 5.82 Å². The number of pyridine rings is 1. The van der Waals surface area contributed by atoms with Crippen molar-refractivity contribution in [3.8, 4) is 11.3 Å². The summed E-state index contributed by atoms with van der Waals surface area (Å²) >= 11 is 0. The number of rotatable bonds is 4. The first-order valence-corrected chi connectivity index (χ1v) is 6.03. The molecule has 0 aliphatic heterocycles. The van der Waals surface area contributed by atoms with Gasteiger partial charge in [0.1, 0.15) is 0 Å². The third kappa shape index (κ3) is 2.16. The summed E-state index contributed by atoms with van der Waals surface area (Å²) in [7, 11) is 0. The predicted molar refractivity (Wildman–Crippen MR) is 69.6 cm³/mol. The highest BCUT2D eigenvalue weighted by Crippen LogP contribution is 2.33. The quantitative estimate of drug-likeness (QED) is 0.848. The van der Waals surface area contributed by atoms with Gasteiger partial charge in [-0.2, -0.15) is 5.10 Å². The molecule has 90 valence electrons. The fraction of sp³-hybridized carbons (Fsp3) is 0.385. The summed E-state index contributed by atoms with van der Waals surface area (Å²) in [5.41, 5.74) is 8.89. The number of H-pyrrole nitrogens is 1. The molecule has 3 N–H and O–H groups in total. The Morgan fingerprint density at radius 1 is 1.29 bits per heavy atom. The van der Waals surface area contributed by atoms with Crippen LogP contribution in [0.25, 0.3) is 11.3 Å². The van der Waals surface area contributed by atoms with Crippen molar-refractivity contribution in [1.82, 2.24) is 15.2 Å². The van der Waals surface area contributed by atoms with Gasteiger partial charge in [-0.1, -0.05) is 19.9 Å². The molecule has 0 atom stereocenters. The van der Waals surface area contributed by atoms with Gasteiger partial charge in [-0.3, -0.25) is 10.1 Å². The van der Waals surface area contributed by atoms with Crippen molar-refractivity contribution in [2.24, 2.45) is 0 Å². The molecule has 2 rings (SSSR count). The van der Waals surface area contributed by atoms with Gasteiger partial charge in [-0.25, -0.2) is 0 Å². The lowest BCUT2D eigenvalue weighted by Gasteiger charge is -2.12. The lowest BCUT2D eigenvalue weighted by atomic mass is 9.95. The van der Waals surface area contributed by atoms with E-state index >= 15 is 0 Å².